The Bertz CT molecular complexity index is 647. The van der Waals surface area contributed by atoms with Crippen LogP contribution < -0.4 is 5.56 Å². The average Bonchev–Trinajstić information content (AvgIpc) is 3.19. The first-order valence-electron chi connectivity index (χ1n) is 7.16. The Labute approximate surface area is 122 Å². The predicted molar refractivity (Wildman–Crippen MR) is 74.9 cm³/mol. The first-order valence-corrected chi connectivity index (χ1v) is 7.16. The molecule has 1 aliphatic carbocycles. The van der Waals surface area contributed by atoms with E-state index in [2.05, 4.69) is 0 Å². The van der Waals surface area contributed by atoms with Gasteiger partial charge in [0.25, 0.3) is 11.5 Å². The number of pyridine rings is 1. The molecule has 0 radical (unpaired) electrons. The van der Waals surface area contributed by atoms with Crippen molar-refractivity contribution in [1.29, 1.82) is 0 Å². The molecule has 0 unspecified atom stereocenters. The smallest absolute Gasteiger partial charge is 0.308 e. The van der Waals surface area contributed by atoms with Crippen LogP contribution in [0.4, 0.5) is 0 Å². The number of aromatic nitrogens is 1. The number of nitrogens with zero attached hydrogens (tertiary/aromatic N) is 2. The Morgan fingerprint density at radius 1 is 1.29 bits per heavy atom. The number of rotatable bonds is 3. The zero-order valence-electron chi connectivity index (χ0n) is 11.9. The number of aryl methyl sites for hydroxylation is 1. The molecular formula is C15H18N2O4. The lowest BCUT2D eigenvalue weighted by atomic mass is 9.92. The van der Waals surface area contributed by atoms with E-state index in [4.69, 9.17) is 0 Å². The summed E-state index contributed by atoms with van der Waals surface area (Å²) in [5, 5.41) is 9.32. The van der Waals surface area contributed by atoms with E-state index in [9.17, 15) is 19.5 Å². The van der Waals surface area contributed by atoms with Crippen molar-refractivity contribution in [2.45, 2.75) is 12.8 Å². The third-order valence-corrected chi connectivity index (χ3v) is 4.55. The molecule has 1 aromatic rings. The summed E-state index contributed by atoms with van der Waals surface area (Å²) in [5.41, 5.74) is 0.0901. The van der Waals surface area contributed by atoms with Crippen LogP contribution in [0.2, 0.25) is 0 Å². The quantitative estimate of drug-likeness (QED) is 0.882. The molecule has 2 aliphatic rings. The molecule has 2 atom stereocenters. The molecule has 6 nitrogen and oxygen atoms in total. The zero-order valence-corrected chi connectivity index (χ0v) is 11.9. The number of carboxylic acids is 1. The van der Waals surface area contributed by atoms with Crippen molar-refractivity contribution in [1.82, 2.24) is 9.47 Å². The molecule has 1 aromatic heterocycles. The maximum Gasteiger partial charge on any atom is 0.308 e. The van der Waals surface area contributed by atoms with Gasteiger partial charge in [-0.15, -0.1) is 0 Å². The molecule has 2 fully saturated rings. The first-order chi connectivity index (χ1) is 9.97. The maximum absolute atomic E-state index is 12.5. The van der Waals surface area contributed by atoms with Gasteiger partial charge in [0.1, 0.15) is 0 Å². The van der Waals surface area contributed by atoms with Crippen molar-refractivity contribution in [3.63, 3.8) is 0 Å². The second-order valence-electron chi connectivity index (χ2n) is 6.02. The van der Waals surface area contributed by atoms with Crippen molar-refractivity contribution < 1.29 is 14.7 Å². The Morgan fingerprint density at radius 2 is 2.00 bits per heavy atom. The number of hydrogen-bond acceptors (Lipinski definition) is 3. The fourth-order valence-electron chi connectivity index (χ4n) is 3.12. The van der Waals surface area contributed by atoms with Gasteiger partial charge in [0, 0.05) is 38.0 Å². The summed E-state index contributed by atoms with van der Waals surface area (Å²) in [6, 6.07) is 2.91. The molecule has 0 bridgehead atoms. The van der Waals surface area contributed by atoms with E-state index >= 15 is 0 Å². The van der Waals surface area contributed by atoms with Crippen molar-refractivity contribution in [3.8, 4) is 0 Å². The van der Waals surface area contributed by atoms with Crippen molar-refractivity contribution in [3.05, 3.63) is 34.2 Å². The number of amides is 1. The van der Waals surface area contributed by atoms with Crippen LogP contribution in [0.5, 0.6) is 0 Å². The lowest BCUT2D eigenvalue weighted by Gasteiger charge is -2.16. The van der Waals surface area contributed by atoms with E-state index in [0.29, 0.717) is 18.0 Å². The number of carboxylic acid groups (broad SMARTS) is 1. The van der Waals surface area contributed by atoms with Gasteiger partial charge in [-0.25, -0.2) is 0 Å². The third-order valence-electron chi connectivity index (χ3n) is 4.55. The van der Waals surface area contributed by atoms with Crippen molar-refractivity contribution >= 4 is 11.9 Å². The summed E-state index contributed by atoms with van der Waals surface area (Å²) in [6.45, 7) is 0.722. The molecular weight excluding hydrogens is 272 g/mol. The molecule has 1 saturated heterocycles. The van der Waals surface area contributed by atoms with Gasteiger partial charge in [0.2, 0.25) is 0 Å². The molecule has 0 spiro atoms. The topological polar surface area (TPSA) is 79.6 Å². The minimum Gasteiger partial charge on any atom is -0.481 e. The third kappa shape index (κ3) is 2.57. The Hall–Kier alpha value is -2.11. The van der Waals surface area contributed by atoms with E-state index < -0.39 is 11.9 Å². The highest BCUT2D eigenvalue weighted by Crippen LogP contribution is 2.44. The van der Waals surface area contributed by atoms with Gasteiger partial charge in [-0.1, -0.05) is 0 Å². The first kappa shape index (κ1) is 13.9. The largest absolute Gasteiger partial charge is 0.481 e. The van der Waals surface area contributed by atoms with Crippen LogP contribution in [0.15, 0.2) is 23.1 Å². The number of likely N-dealkylation sites (tertiary alicyclic amines) is 1. The summed E-state index contributed by atoms with van der Waals surface area (Å²) in [7, 11) is 1.62. The van der Waals surface area contributed by atoms with Crippen molar-refractivity contribution in [2.24, 2.45) is 24.8 Å². The van der Waals surface area contributed by atoms with Gasteiger partial charge in [0.15, 0.2) is 0 Å². The van der Waals surface area contributed by atoms with Crippen LogP contribution in [0.25, 0.3) is 0 Å². The molecule has 1 amide bonds. The van der Waals surface area contributed by atoms with Crippen LogP contribution in [-0.4, -0.2) is 39.5 Å². The predicted octanol–water partition coefficient (Wildman–Crippen LogP) is 0.568. The number of aliphatic carboxylic acids is 1. The molecule has 1 N–H and O–H groups in total. The lowest BCUT2D eigenvalue weighted by molar-refractivity contribution is -0.142. The van der Waals surface area contributed by atoms with Crippen LogP contribution >= 0.6 is 0 Å². The number of carbonyl (C=O) groups is 2. The SMILES string of the molecule is Cn1ccc(C(=O)N2C[C@H](C(=O)O)[C@@H](C3CC3)C2)cc1=O. The second-order valence-corrected chi connectivity index (χ2v) is 6.02. The summed E-state index contributed by atoms with van der Waals surface area (Å²) in [4.78, 5) is 37.0. The van der Waals surface area contributed by atoms with Crippen LogP contribution in [-0.2, 0) is 11.8 Å². The Kier molecular flexibility index (Phi) is 3.31. The van der Waals surface area contributed by atoms with Gasteiger partial charge < -0.3 is 14.6 Å². The lowest BCUT2D eigenvalue weighted by Crippen LogP contribution is -2.31. The minimum absolute atomic E-state index is 0.0537. The van der Waals surface area contributed by atoms with Crippen LogP contribution in [0.3, 0.4) is 0 Å². The van der Waals surface area contributed by atoms with Crippen LogP contribution in [0, 0.1) is 17.8 Å². The fraction of sp³-hybridized carbons (Fsp3) is 0.533. The van der Waals surface area contributed by atoms with E-state index in [0.717, 1.165) is 12.8 Å². The molecule has 112 valence electrons. The van der Waals surface area contributed by atoms with Crippen molar-refractivity contribution in [2.75, 3.05) is 13.1 Å². The van der Waals surface area contributed by atoms with Gasteiger partial charge >= 0.3 is 5.97 Å². The standard InChI is InChI=1S/C15H18N2O4/c1-16-5-4-10(6-13(16)18)14(19)17-7-11(9-2-3-9)12(8-17)15(20)21/h4-6,9,11-12H,2-3,7-8H2,1H3,(H,20,21)/t11-,12+/m1/s1. The van der Waals surface area contributed by atoms with Gasteiger partial charge in [-0.3, -0.25) is 14.4 Å². The highest BCUT2D eigenvalue weighted by Gasteiger charge is 2.46. The normalized spacial score (nSPS) is 25.1. The maximum atomic E-state index is 12.5. The molecule has 1 saturated carbocycles. The minimum atomic E-state index is -0.828. The van der Waals surface area contributed by atoms with Gasteiger partial charge in [-0.2, -0.15) is 0 Å². The Balaban J connectivity index is 1.80. The molecule has 0 aromatic carbocycles. The summed E-state index contributed by atoms with van der Waals surface area (Å²) < 4.78 is 1.40. The summed E-state index contributed by atoms with van der Waals surface area (Å²) in [6.07, 6.45) is 3.67. The molecule has 21 heavy (non-hydrogen) atoms. The van der Waals surface area contributed by atoms with E-state index in [1.807, 2.05) is 0 Å². The molecule has 2 heterocycles. The molecule has 1 aliphatic heterocycles. The number of carbonyl (C=O) groups excluding carboxylic acids is 1. The average molecular weight is 290 g/mol. The monoisotopic (exact) mass is 290 g/mol. The van der Waals surface area contributed by atoms with E-state index in [1.54, 1.807) is 24.2 Å². The van der Waals surface area contributed by atoms with Crippen LogP contribution in [0.1, 0.15) is 23.2 Å². The Morgan fingerprint density at radius 3 is 2.57 bits per heavy atom. The molecule has 3 rings (SSSR count). The number of hydrogen-bond donors (Lipinski definition) is 1. The van der Waals surface area contributed by atoms with Gasteiger partial charge in [-0.05, 0) is 30.7 Å². The van der Waals surface area contributed by atoms with E-state index in [1.165, 1.54) is 10.6 Å². The summed E-state index contributed by atoms with van der Waals surface area (Å²) >= 11 is 0. The van der Waals surface area contributed by atoms with Gasteiger partial charge in [0.05, 0.1) is 5.92 Å². The zero-order chi connectivity index (χ0) is 15.1. The second kappa shape index (κ2) is 5.02. The fourth-order valence-corrected chi connectivity index (χ4v) is 3.12. The highest BCUT2D eigenvalue weighted by molar-refractivity contribution is 5.94. The highest BCUT2D eigenvalue weighted by atomic mass is 16.4. The molecule has 6 heteroatoms. The van der Waals surface area contributed by atoms with E-state index in [-0.39, 0.29) is 23.9 Å². The summed E-state index contributed by atoms with van der Waals surface area (Å²) in [5.74, 6) is -1.06.